The number of benzene rings is 1. The third-order valence-corrected chi connectivity index (χ3v) is 2.82. The van der Waals surface area contributed by atoms with E-state index in [1.807, 2.05) is 24.3 Å². The summed E-state index contributed by atoms with van der Waals surface area (Å²) < 4.78 is 10.3. The highest BCUT2D eigenvalue weighted by Gasteiger charge is 2.05. The minimum atomic E-state index is -0.364. The fourth-order valence-corrected chi connectivity index (χ4v) is 1.78. The molecule has 21 heavy (non-hydrogen) atoms. The second kappa shape index (κ2) is 7.89. The van der Waals surface area contributed by atoms with Crippen molar-refractivity contribution in [1.29, 1.82) is 0 Å². The lowest BCUT2D eigenvalue weighted by molar-refractivity contribution is 0.0600. The summed E-state index contributed by atoms with van der Waals surface area (Å²) >= 11 is 0. The van der Waals surface area contributed by atoms with Crippen LogP contribution in [0.15, 0.2) is 48.7 Å². The number of esters is 1. The first-order valence-corrected chi connectivity index (χ1v) is 6.75. The molecule has 0 saturated carbocycles. The van der Waals surface area contributed by atoms with E-state index in [9.17, 15) is 4.79 Å². The van der Waals surface area contributed by atoms with Crippen molar-refractivity contribution < 1.29 is 14.3 Å². The molecule has 5 heteroatoms. The Balaban J connectivity index is 1.72. The van der Waals surface area contributed by atoms with Gasteiger partial charge in [-0.3, -0.25) is 0 Å². The number of aromatic nitrogens is 1. The number of rotatable bonds is 7. The van der Waals surface area contributed by atoms with Crippen LogP contribution < -0.4 is 10.1 Å². The topological polar surface area (TPSA) is 60.5 Å². The Labute approximate surface area is 123 Å². The van der Waals surface area contributed by atoms with E-state index >= 15 is 0 Å². The van der Waals surface area contributed by atoms with E-state index in [1.165, 1.54) is 7.11 Å². The lowest BCUT2D eigenvalue weighted by Crippen LogP contribution is -2.08. The van der Waals surface area contributed by atoms with Crippen molar-refractivity contribution in [3.05, 3.63) is 54.2 Å². The van der Waals surface area contributed by atoms with Crippen LogP contribution in [0, 0.1) is 0 Å². The van der Waals surface area contributed by atoms with Gasteiger partial charge < -0.3 is 14.8 Å². The van der Waals surface area contributed by atoms with Gasteiger partial charge in [-0.1, -0.05) is 12.1 Å². The number of nitrogens with one attached hydrogen (secondary N) is 1. The molecule has 0 radical (unpaired) electrons. The van der Waals surface area contributed by atoms with Gasteiger partial charge in [-0.05, 0) is 36.8 Å². The van der Waals surface area contributed by atoms with Crippen LogP contribution >= 0.6 is 0 Å². The molecule has 0 amide bonds. The molecule has 0 atom stereocenters. The highest BCUT2D eigenvalue weighted by Crippen LogP contribution is 2.14. The van der Waals surface area contributed by atoms with E-state index in [2.05, 4.69) is 15.0 Å². The van der Waals surface area contributed by atoms with Crippen LogP contribution in [0.1, 0.15) is 16.8 Å². The lowest BCUT2D eigenvalue weighted by Gasteiger charge is -2.08. The summed E-state index contributed by atoms with van der Waals surface area (Å²) in [5, 5.41) is 3.20. The summed E-state index contributed by atoms with van der Waals surface area (Å²) in [6, 6.07) is 12.7. The number of carbonyl (C=O) groups is 1. The molecule has 1 aromatic heterocycles. The normalized spacial score (nSPS) is 9.95. The summed E-state index contributed by atoms with van der Waals surface area (Å²) in [4.78, 5) is 15.6. The first kappa shape index (κ1) is 14.8. The molecule has 0 saturated heterocycles. The number of ether oxygens (including phenoxy) is 2. The minimum absolute atomic E-state index is 0.364. The van der Waals surface area contributed by atoms with Crippen molar-refractivity contribution in [2.45, 2.75) is 6.42 Å². The highest BCUT2D eigenvalue weighted by molar-refractivity contribution is 5.89. The van der Waals surface area contributed by atoms with E-state index in [-0.39, 0.29) is 5.97 Å². The van der Waals surface area contributed by atoms with Gasteiger partial charge in [0.25, 0.3) is 0 Å². The van der Waals surface area contributed by atoms with Crippen LogP contribution in [-0.2, 0) is 4.74 Å². The minimum Gasteiger partial charge on any atom is -0.494 e. The Morgan fingerprint density at radius 1 is 1.24 bits per heavy atom. The largest absolute Gasteiger partial charge is 0.494 e. The van der Waals surface area contributed by atoms with Crippen molar-refractivity contribution in [3.63, 3.8) is 0 Å². The number of nitrogens with zero attached hydrogens (tertiary/aromatic N) is 1. The molecule has 0 aliphatic rings. The SMILES string of the molecule is COC(=O)c1cccc(OCCCNc2ccccn2)c1. The number of hydrogen-bond donors (Lipinski definition) is 1. The number of anilines is 1. The van der Waals surface area contributed by atoms with Crippen LogP contribution in [0.5, 0.6) is 5.75 Å². The van der Waals surface area contributed by atoms with E-state index in [0.29, 0.717) is 17.9 Å². The zero-order chi connectivity index (χ0) is 14.9. The van der Waals surface area contributed by atoms with Crippen LogP contribution in [0.4, 0.5) is 5.82 Å². The summed E-state index contributed by atoms with van der Waals surface area (Å²) in [6.45, 7) is 1.33. The van der Waals surface area contributed by atoms with E-state index in [1.54, 1.807) is 24.4 Å². The maximum atomic E-state index is 11.4. The van der Waals surface area contributed by atoms with Gasteiger partial charge in [0, 0.05) is 12.7 Å². The number of carbonyl (C=O) groups excluding carboxylic acids is 1. The second-order valence-electron chi connectivity index (χ2n) is 4.36. The van der Waals surface area contributed by atoms with Gasteiger partial charge in [0.1, 0.15) is 11.6 Å². The average Bonchev–Trinajstić information content (AvgIpc) is 2.55. The predicted molar refractivity (Wildman–Crippen MR) is 80.6 cm³/mol. The van der Waals surface area contributed by atoms with Gasteiger partial charge in [-0.15, -0.1) is 0 Å². The number of hydrogen-bond acceptors (Lipinski definition) is 5. The molecule has 2 rings (SSSR count). The zero-order valence-corrected chi connectivity index (χ0v) is 11.9. The molecule has 2 aromatic rings. The van der Waals surface area contributed by atoms with Crippen molar-refractivity contribution in [1.82, 2.24) is 4.98 Å². The number of pyridine rings is 1. The fourth-order valence-electron chi connectivity index (χ4n) is 1.78. The van der Waals surface area contributed by atoms with Crippen LogP contribution in [0.2, 0.25) is 0 Å². The van der Waals surface area contributed by atoms with Crippen molar-refractivity contribution in [2.24, 2.45) is 0 Å². The van der Waals surface area contributed by atoms with Crippen molar-refractivity contribution in [2.75, 3.05) is 25.6 Å². The second-order valence-corrected chi connectivity index (χ2v) is 4.36. The summed E-state index contributed by atoms with van der Waals surface area (Å²) in [5.74, 6) is 1.15. The molecule has 0 unspecified atom stereocenters. The monoisotopic (exact) mass is 286 g/mol. The third-order valence-electron chi connectivity index (χ3n) is 2.82. The molecular weight excluding hydrogens is 268 g/mol. The van der Waals surface area contributed by atoms with Crippen LogP contribution in [0.25, 0.3) is 0 Å². The average molecular weight is 286 g/mol. The molecule has 0 aliphatic carbocycles. The Bertz CT molecular complexity index is 573. The Kier molecular flexibility index (Phi) is 5.58. The van der Waals surface area contributed by atoms with Crippen LogP contribution in [-0.4, -0.2) is 31.2 Å². The van der Waals surface area contributed by atoms with Crippen molar-refractivity contribution >= 4 is 11.8 Å². The van der Waals surface area contributed by atoms with Gasteiger partial charge in [0.15, 0.2) is 0 Å². The first-order valence-electron chi connectivity index (χ1n) is 6.75. The maximum absolute atomic E-state index is 11.4. The molecule has 0 aliphatic heterocycles. The van der Waals surface area contributed by atoms with Crippen LogP contribution in [0.3, 0.4) is 0 Å². The van der Waals surface area contributed by atoms with Gasteiger partial charge in [-0.2, -0.15) is 0 Å². The molecule has 1 N–H and O–H groups in total. The first-order chi connectivity index (χ1) is 10.3. The Morgan fingerprint density at radius 2 is 2.14 bits per heavy atom. The van der Waals surface area contributed by atoms with E-state index < -0.39 is 0 Å². The standard InChI is InChI=1S/C16H18N2O3/c1-20-16(19)13-6-4-7-14(12-13)21-11-5-10-18-15-8-2-3-9-17-15/h2-4,6-9,12H,5,10-11H2,1H3,(H,17,18). The zero-order valence-electron chi connectivity index (χ0n) is 11.9. The van der Waals surface area contributed by atoms with Gasteiger partial charge in [0.2, 0.25) is 0 Å². The highest BCUT2D eigenvalue weighted by atomic mass is 16.5. The molecule has 1 heterocycles. The summed E-state index contributed by atoms with van der Waals surface area (Å²) in [7, 11) is 1.36. The van der Waals surface area contributed by atoms with Gasteiger partial charge in [-0.25, -0.2) is 9.78 Å². The Morgan fingerprint density at radius 3 is 2.90 bits per heavy atom. The molecule has 110 valence electrons. The predicted octanol–water partition coefficient (Wildman–Crippen LogP) is 2.75. The quantitative estimate of drug-likeness (QED) is 0.626. The third kappa shape index (κ3) is 4.80. The molecular formula is C16H18N2O3. The molecule has 5 nitrogen and oxygen atoms in total. The molecule has 0 fully saturated rings. The lowest BCUT2D eigenvalue weighted by atomic mass is 10.2. The number of methoxy groups -OCH3 is 1. The summed E-state index contributed by atoms with van der Waals surface area (Å²) in [6.07, 6.45) is 2.58. The van der Waals surface area contributed by atoms with Gasteiger partial charge >= 0.3 is 5.97 Å². The molecule has 0 bridgehead atoms. The summed E-state index contributed by atoms with van der Waals surface area (Å²) in [5.41, 5.74) is 0.488. The van der Waals surface area contributed by atoms with Crippen molar-refractivity contribution in [3.8, 4) is 5.75 Å². The molecule has 0 spiro atoms. The van der Waals surface area contributed by atoms with E-state index in [0.717, 1.165) is 18.8 Å². The smallest absolute Gasteiger partial charge is 0.337 e. The Hall–Kier alpha value is -2.56. The maximum Gasteiger partial charge on any atom is 0.337 e. The fraction of sp³-hybridized carbons (Fsp3) is 0.250. The molecule has 1 aromatic carbocycles. The van der Waals surface area contributed by atoms with Gasteiger partial charge in [0.05, 0.1) is 19.3 Å². The van der Waals surface area contributed by atoms with E-state index in [4.69, 9.17) is 4.74 Å².